The van der Waals surface area contributed by atoms with Crippen LogP contribution in [0.25, 0.3) is 0 Å². The predicted octanol–water partition coefficient (Wildman–Crippen LogP) is 3.68. The van der Waals surface area contributed by atoms with Gasteiger partial charge in [0.15, 0.2) is 0 Å². The van der Waals surface area contributed by atoms with Crippen LogP contribution in [0.4, 0.5) is 5.69 Å². The summed E-state index contributed by atoms with van der Waals surface area (Å²) in [6.45, 7) is 4.28. The molecule has 0 saturated heterocycles. The smallest absolute Gasteiger partial charge is 0.326 e. The number of aliphatic carboxylic acids is 1. The Hall–Kier alpha value is -0.930. The topological polar surface area (TPSA) is 40.5 Å². The number of hydrogen-bond acceptors (Lipinski definition) is 2. The number of nitrogens with zero attached hydrogens (tertiary/aromatic N) is 1. The summed E-state index contributed by atoms with van der Waals surface area (Å²) in [6.07, 6.45) is 0.849. The molecule has 1 aromatic rings. The zero-order chi connectivity index (χ0) is 13.0. The first kappa shape index (κ1) is 14.1. The van der Waals surface area contributed by atoms with E-state index in [-0.39, 0.29) is 0 Å². The van der Waals surface area contributed by atoms with Crippen molar-refractivity contribution in [3.05, 3.63) is 28.2 Å². The van der Waals surface area contributed by atoms with Crippen LogP contribution in [0.5, 0.6) is 0 Å². The van der Waals surface area contributed by atoms with Gasteiger partial charge in [-0.25, -0.2) is 4.79 Å². The van der Waals surface area contributed by atoms with Crippen LogP contribution in [0.2, 0.25) is 10.0 Å². The summed E-state index contributed by atoms with van der Waals surface area (Å²) in [5, 5.41) is 10.1. The van der Waals surface area contributed by atoms with Crippen molar-refractivity contribution in [3.8, 4) is 0 Å². The quantitative estimate of drug-likeness (QED) is 0.891. The minimum atomic E-state index is -0.866. The zero-order valence-corrected chi connectivity index (χ0v) is 11.3. The maximum Gasteiger partial charge on any atom is 0.326 e. The Kier molecular flexibility index (Phi) is 5.09. The van der Waals surface area contributed by atoms with Crippen LogP contribution in [0.15, 0.2) is 18.2 Å². The molecule has 0 radical (unpaired) electrons. The molecule has 0 fully saturated rings. The van der Waals surface area contributed by atoms with Gasteiger partial charge in [0.2, 0.25) is 0 Å². The summed E-state index contributed by atoms with van der Waals surface area (Å²) in [5.74, 6) is -0.866. The van der Waals surface area contributed by atoms with E-state index in [0.717, 1.165) is 12.1 Å². The molecule has 1 aromatic carbocycles. The molecule has 0 aliphatic carbocycles. The van der Waals surface area contributed by atoms with Crippen molar-refractivity contribution in [2.75, 3.05) is 11.4 Å². The Morgan fingerprint density at radius 1 is 1.35 bits per heavy atom. The molecular weight excluding hydrogens is 261 g/mol. The second kappa shape index (κ2) is 6.12. The first-order chi connectivity index (χ1) is 7.95. The maximum absolute atomic E-state index is 11.1. The predicted molar refractivity (Wildman–Crippen MR) is 71.2 cm³/mol. The highest BCUT2D eigenvalue weighted by molar-refractivity contribution is 6.35. The van der Waals surface area contributed by atoms with Crippen LogP contribution in [0, 0.1) is 0 Å². The Balaban J connectivity index is 3.08. The summed E-state index contributed by atoms with van der Waals surface area (Å²) < 4.78 is 0. The molecule has 3 nitrogen and oxygen atoms in total. The van der Waals surface area contributed by atoms with Crippen molar-refractivity contribution in [3.63, 3.8) is 0 Å². The highest BCUT2D eigenvalue weighted by Crippen LogP contribution is 2.27. The average Bonchev–Trinajstić information content (AvgIpc) is 2.23. The van der Waals surface area contributed by atoms with Crippen LogP contribution < -0.4 is 4.90 Å². The van der Waals surface area contributed by atoms with Crippen LogP contribution >= 0.6 is 23.2 Å². The third-order valence-corrected chi connectivity index (χ3v) is 2.90. The van der Waals surface area contributed by atoms with Crippen molar-refractivity contribution in [1.82, 2.24) is 0 Å². The van der Waals surface area contributed by atoms with Crippen LogP contribution in [-0.4, -0.2) is 23.7 Å². The number of hydrogen-bond donors (Lipinski definition) is 1. The molecule has 0 bridgehead atoms. The summed E-state index contributed by atoms with van der Waals surface area (Å²) in [6, 6.07) is 4.47. The molecule has 1 rings (SSSR count). The fourth-order valence-corrected chi connectivity index (χ4v) is 2.14. The zero-order valence-electron chi connectivity index (χ0n) is 9.78. The van der Waals surface area contributed by atoms with Gasteiger partial charge in [0, 0.05) is 22.3 Å². The lowest BCUT2D eigenvalue weighted by Crippen LogP contribution is -2.39. The lowest BCUT2D eigenvalue weighted by atomic mass is 10.2. The SMILES string of the molecule is CCCN(c1cc(Cl)cc(Cl)c1)C(C)C(=O)O. The second-order valence-corrected chi connectivity index (χ2v) is 4.71. The summed E-state index contributed by atoms with van der Waals surface area (Å²) in [5.41, 5.74) is 0.735. The Morgan fingerprint density at radius 2 is 1.88 bits per heavy atom. The van der Waals surface area contributed by atoms with Crippen molar-refractivity contribution in [2.45, 2.75) is 26.3 Å². The largest absolute Gasteiger partial charge is 0.480 e. The third-order valence-electron chi connectivity index (χ3n) is 2.47. The number of carboxylic acids is 1. The van der Waals surface area contributed by atoms with Gasteiger partial charge in [0.25, 0.3) is 0 Å². The number of carboxylic acid groups (broad SMARTS) is 1. The molecular formula is C12H15Cl2NO2. The molecule has 5 heteroatoms. The van der Waals surface area contributed by atoms with E-state index in [2.05, 4.69) is 0 Å². The van der Waals surface area contributed by atoms with Gasteiger partial charge in [-0.05, 0) is 31.5 Å². The summed E-state index contributed by atoms with van der Waals surface area (Å²) in [4.78, 5) is 12.8. The number of halogens is 2. The Morgan fingerprint density at radius 3 is 2.29 bits per heavy atom. The molecule has 0 heterocycles. The molecule has 0 spiro atoms. The van der Waals surface area contributed by atoms with E-state index in [1.807, 2.05) is 6.92 Å². The monoisotopic (exact) mass is 275 g/mol. The third kappa shape index (κ3) is 3.79. The molecule has 0 saturated carbocycles. The van der Waals surface area contributed by atoms with Gasteiger partial charge in [0.1, 0.15) is 6.04 Å². The average molecular weight is 276 g/mol. The molecule has 0 aliphatic heterocycles. The summed E-state index contributed by atoms with van der Waals surface area (Å²) in [7, 11) is 0. The molecule has 1 atom stereocenters. The highest BCUT2D eigenvalue weighted by Gasteiger charge is 2.20. The van der Waals surface area contributed by atoms with Gasteiger partial charge in [-0.1, -0.05) is 30.1 Å². The maximum atomic E-state index is 11.1. The van der Waals surface area contributed by atoms with Crippen molar-refractivity contribution < 1.29 is 9.90 Å². The Bertz CT molecular complexity index is 389. The van der Waals surface area contributed by atoms with Gasteiger partial charge in [-0.15, -0.1) is 0 Å². The number of carbonyl (C=O) groups is 1. The molecule has 0 aromatic heterocycles. The lowest BCUT2D eigenvalue weighted by molar-refractivity contribution is -0.138. The normalized spacial score (nSPS) is 12.2. The number of rotatable bonds is 5. The highest BCUT2D eigenvalue weighted by atomic mass is 35.5. The van der Waals surface area contributed by atoms with Gasteiger partial charge in [-0.2, -0.15) is 0 Å². The minimum absolute atomic E-state index is 0.506. The fraction of sp³-hybridized carbons (Fsp3) is 0.417. The van der Waals surface area contributed by atoms with Gasteiger partial charge >= 0.3 is 5.97 Å². The van der Waals surface area contributed by atoms with E-state index in [0.29, 0.717) is 16.6 Å². The van der Waals surface area contributed by atoms with Crippen molar-refractivity contribution in [1.29, 1.82) is 0 Å². The van der Waals surface area contributed by atoms with Gasteiger partial charge < -0.3 is 10.0 Å². The van der Waals surface area contributed by atoms with Crippen LogP contribution in [0.1, 0.15) is 20.3 Å². The fourth-order valence-electron chi connectivity index (χ4n) is 1.63. The van der Waals surface area contributed by atoms with E-state index in [1.54, 1.807) is 30.0 Å². The first-order valence-electron chi connectivity index (χ1n) is 5.41. The standard InChI is InChI=1S/C12H15Cl2NO2/c1-3-4-15(8(2)12(16)17)11-6-9(13)5-10(14)7-11/h5-8H,3-4H2,1-2H3,(H,16,17). The summed E-state index contributed by atoms with van der Waals surface area (Å²) >= 11 is 11.8. The first-order valence-corrected chi connectivity index (χ1v) is 6.16. The van der Waals surface area contributed by atoms with E-state index in [9.17, 15) is 4.79 Å². The number of benzene rings is 1. The van der Waals surface area contributed by atoms with E-state index in [1.165, 1.54) is 0 Å². The van der Waals surface area contributed by atoms with E-state index >= 15 is 0 Å². The van der Waals surface area contributed by atoms with Gasteiger partial charge in [-0.3, -0.25) is 0 Å². The van der Waals surface area contributed by atoms with Crippen molar-refractivity contribution in [2.24, 2.45) is 0 Å². The minimum Gasteiger partial charge on any atom is -0.480 e. The molecule has 0 amide bonds. The Labute approximate surface area is 111 Å². The molecule has 1 unspecified atom stereocenters. The van der Waals surface area contributed by atoms with Gasteiger partial charge in [0.05, 0.1) is 0 Å². The van der Waals surface area contributed by atoms with Crippen LogP contribution in [-0.2, 0) is 4.79 Å². The molecule has 1 N–H and O–H groups in total. The van der Waals surface area contributed by atoms with E-state index in [4.69, 9.17) is 28.3 Å². The van der Waals surface area contributed by atoms with Crippen LogP contribution in [0.3, 0.4) is 0 Å². The molecule has 0 aliphatic rings. The van der Waals surface area contributed by atoms with E-state index < -0.39 is 12.0 Å². The second-order valence-electron chi connectivity index (χ2n) is 3.84. The van der Waals surface area contributed by atoms with Crippen molar-refractivity contribution >= 4 is 34.9 Å². The lowest BCUT2D eigenvalue weighted by Gasteiger charge is -2.28. The molecule has 17 heavy (non-hydrogen) atoms. The number of anilines is 1. The molecule has 94 valence electrons.